The van der Waals surface area contributed by atoms with Crippen LogP contribution in [0.4, 0.5) is 0 Å². The van der Waals surface area contributed by atoms with Crippen molar-refractivity contribution in [3.05, 3.63) is 0 Å². The summed E-state index contributed by atoms with van der Waals surface area (Å²) in [5.41, 5.74) is 0. The van der Waals surface area contributed by atoms with Gasteiger partial charge in [0.25, 0.3) is 0 Å². The lowest BCUT2D eigenvalue weighted by Crippen LogP contribution is -2.68. The van der Waals surface area contributed by atoms with Gasteiger partial charge in [0.05, 0.1) is 6.17 Å². The first kappa shape index (κ1) is 13.5. The smallest absolute Gasteiger partial charge is 0.0764 e. The Kier molecular flexibility index (Phi) is 3.78. The lowest BCUT2D eigenvalue weighted by atomic mass is 9.80. The van der Waals surface area contributed by atoms with Gasteiger partial charge in [0.2, 0.25) is 0 Å². The Morgan fingerprint density at radius 1 is 0.900 bits per heavy atom. The molecule has 0 aromatic carbocycles. The summed E-state index contributed by atoms with van der Waals surface area (Å²) in [7, 11) is 0. The first-order valence-corrected chi connectivity index (χ1v) is 9.16. The summed E-state index contributed by atoms with van der Waals surface area (Å²) in [5, 5.41) is 8.17. The van der Waals surface area contributed by atoms with Crippen LogP contribution in [-0.2, 0) is 0 Å². The van der Waals surface area contributed by atoms with Crippen LogP contribution in [0.5, 0.6) is 0 Å². The molecule has 3 nitrogen and oxygen atoms in total. The first-order valence-electron chi connectivity index (χ1n) is 9.16. The monoisotopic (exact) mass is 277 g/mol. The third-order valence-electron chi connectivity index (χ3n) is 6.41. The van der Waals surface area contributed by atoms with Crippen LogP contribution in [0.3, 0.4) is 0 Å². The maximum atomic E-state index is 4.10. The Hall–Kier alpha value is -0.120. The molecule has 6 atom stereocenters. The average molecular weight is 277 g/mol. The number of hydrogen-bond donors (Lipinski definition) is 2. The Labute approximate surface area is 123 Å². The summed E-state index contributed by atoms with van der Waals surface area (Å²) < 4.78 is 0. The number of rotatable bonds is 2. The molecule has 0 radical (unpaired) electrons. The Bertz CT molecular complexity index is 345. The zero-order valence-electron chi connectivity index (χ0n) is 13.0. The molecule has 2 saturated heterocycles. The minimum absolute atomic E-state index is 0.627. The molecule has 0 bridgehead atoms. The molecule has 4 aliphatic rings. The quantitative estimate of drug-likeness (QED) is 0.812. The fraction of sp³-hybridized carbons (Fsp3) is 1.00. The molecule has 4 rings (SSSR count). The molecule has 20 heavy (non-hydrogen) atoms. The number of fused-ring (bicyclic) bond motifs is 4. The van der Waals surface area contributed by atoms with Crippen molar-refractivity contribution in [2.75, 3.05) is 6.54 Å². The predicted octanol–water partition coefficient (Wildman–Crippen LogP) is 2.47. The van der Waals surface area contributed by atoms with Crippen molar-refractivity contribution in [2.45, 2.75) is 95.0 Å². The van der Waals surface area contributed by atoms with E-state index in [1.54, 1.807) is 0 Å². The minimum atomic E-state index is 0.627. The van der Waals surface area contributed by atoms with E-state index in [1.807, 2.05) is 0 Å². The summed E-state index contributed by atoms with van der Waals surface area (Å²) in [6.07, 6.45) is 13.4. The largest absolute Gasteiger partial charge is 0.307 e. The Morgan fingerprint density at radius 2 is 1.60 bits per heavy atom. The van der Waals surface area contributed by atoms with Crippen LogP contribution in [0.1, 0.15) is 64.7 Å². The summed E-state index contributed by atoms with van der Waals surface area (Å²) >= 11 is 0. The van der Waals surface area contributed by atoms with Crippen molar-refractivity contribution in [3.8, 4) is 0 Å². The second-order valence-electron chi connectivity index (χ2n) is 7.55. The van der Waals surface area contributed by atoms with Crippen LogP contribution in [0.15, 0.2) is 0 Å². The molecule has 2 aliphatic carbocycles. The summed E-state index contributed by atoms with van der Waals surface area (Å²) in [6.45, 7) is 3.62. The Morgan fingerprint density at radius 3 is 2.40 bits per heavy atom. The number of nitrogens with zero attached hydrogens (tertiary/aromatic N) is 1. The van der Waals surface area contributed by atoms with Gasteiger partial charge in [-0.1, -0.05) is 32.6 Å². The fourth-order valence-corrected chi connectivity index (χ4v) is 5.59. The molecule has 2 saturated carbocycles. The van der Waals surface area contributed by atoms with Crippen LogP contribution in [0.25, 0.3) is 0 Å². The highest BCUT2D eigenvalue weighted by molar-refractivity contribution is 5.10. The first-order chi connectivity index (χ1) is 9.88. The van der Waals surface area contributed by atoms with Gasteiger partial charge in [-0.3, -0.25) is 10.2 Å². The SMILES string of the molecule is CCCN1C2CCCCC2C2NC3CCCCC3NC21. The molecule has 2 N–H and O–H groups in total. The zero-order chi connectivity index (χ0) is 13.5. The van der Waals surface area contributed by atoms with Crippen LogP contribution in [0.2, 0.25) is 0 Å². The second-order valence-corrected chi connectivity index (χ2v) is 7.55. The highest BCUT2D eigenvalue weighted by Gasteiger charge is 2.52. The van der Waals surface area contributed by atoms with Crippen LogP contribution in [0, 0.1) is 5.92 Å². The number of piperazine rings is 1. The normalized spacial score (nSPS) is 48.5. The fourth-order valence-electron chi connectivity index (χ4n) is 5.59. The molecule has 0 aromatic rings. The topological polar surface area (TPSA) is 27.3 Å². The molecule has 6 unspecified atom stereocenters. The van der Waals surface area contributed by atoms with Crippen LogP contribution < -0.4 is 10.6 Å². The summed E-state index contributed by atoms with van der Waals surface area (Å²) in [6, 6.07) is 3.09. The van der Waals surface area contributed by atoms with Crippen molar-refractivity contribution in [1.29, 1.82) is 0 Å². The predicted molar refractivity (Wildman–Crippen MR) is 82.6 cm³/mol. The Balaban J connectivity index is 1.57. The average Bonchev–Trinajstić information content (AvgIpc) is 2.80. The molecule has 3 heteroatoms. The van der Waals surface area contributed by atoms with E-state index in [0.29, 0.717) is 6.17 Å². The molecule has 2 heterocycles. The van der Waals surface area contributed by atoms with Crippen molar-refractivity contribution in [2.24, 2.45) is 5.92 Å². The highest BCUT2D eigenvalue weighted by Crippen LogP contribution is 2.41. The highest BCUT2D eigenvalue weighted by atomic mass is 15.4. The van der Waals surface area contributed by atoms with Crippen LogP contribution >= 0.6 is 0 Å². The zero-order valence-corrected chi connectivity index (χ0v) is 13.0. The van der Waals surface area contributed by atoms with E-state index >= 15 is 0 Å². The van der Waals surface area contributed by atoms with Crippen molar-refractivity contribution < 1.29 is 0 Å². The van der Waals surface area contributed by atoms with Gasteiger partial charge in [0.1, 0.15) is 0 Å². The second kappa shape index (κ2) is 5.58. The number of likely N-dealkylation sites (tertiary alicyclic amines) is 1. The number of nitrogens with one attached hydrogen (secondary N) is 2. The molecular formula is C17H31N3. The lowest BCUT2D eigenvalue weighted by molar-refractivity contribution is 0.0894. The molecule has 2 aliphatic heterocycles. The van der Waals surface area contributed by atoms with E-state index in [1.165, 1.54) is 64.3 Å². The molecule has 4 fully saturated rings. The van der Waals surface area contributed by atoms with E-state index in [4.69, 9.17) is 0 Å². The van der Waals surface area contributed by atoms with Gasteiger partial charge in [-0.15, -0.1) is 0 Å². The van der Waals surface area contributed by atoms with Crippen molar-refractivity contribution >= 4 is 0 Å². The van der Waals surface area contributed by atoms with E-state index < -0.39 is 0 Å². The molecule has 0 aromatic heterocycles. The number of hydrogen-bond acceptors (Lipinski definition) is 3. The molecule has 0 spiro atoms. The molecule has 0 amide bonds. The standard InChI is InChI=1S/C17H31N3/c1-2-11-20-15-10-6-3-7-12(15)16-17(20)19-14-9-5-4-8-13(14)18-16/h12-19H,2-11H2,1H3. The van der Waals surface area contributed by atoms with Gasteiger partial charge in [-0.25, -0.2) is 0 Å². The third-order valence-corrected chi connectivity index (χ3v) is 6.41. The summed E-state index contributed by atoms with van der Waals surface area (Å²) in [5.74, 6) is 0.913. The van der Waals surface area contributed by atoms with Crippen molar-refractivity contribution in [3.63, 3.8) is 0 Å². The van der Waals surface area contributed by atoms with Crippen molar-refractivity contribution in [1.82, 2.24) is 15.5 Å². The van der Waals surface area contributed by atoms with E-state index in [-0.39, 0.29) is 0 Å². The van der Waals surface area contributed by atoms with Gasteiger partial charge in [-0.05, 0) is 44.6 Å². The maximum Gasteiger partial charge on any atom is 0.0764 e. The molecule has 114 valence electrons. The lowest BCUT2D eigenvalue weighted by Gasteiger charge is -2.46. The maximum absolute atomic E-state index is 4.10. The van der Waals surface area contributed by atoms with E-state index in [2.05, 4.69) is 22.5 Å². The van der Waals surface area contributed by atoms with Gasteiger partial charge in [0.15, 0.2) is 0 Å². The minimum Gasteiger partial charge on any atom is -0.307 e. The van der Waals surface area contributed by atoms with E-state index in [9.17, 15) is 0 Å². The van der Waals surface area contributed by atoms with E-state index in [0.717, 1.165) is 30.1 Å². The van der Waals surface area contributed by atoms with Gasteiger partial charge < -0.3 is 5.32 Å². The third kappa shape index (κ3) is 2.13. The summed E-state index contributed by atoms with van der Waals surface area (Å²) in [4.78, 5) is 2.84. The van der Waals surface area contributed by atoms with Gasteiger partial charge >= 0.3 is 0 Å². The van der Waals surface area contributed by atoms with Gasteiger partial charge in [-0.2, -0.15) is 0 Å². The molecular weight excluding hydrogens is 246 g/mol. The van der Waals surface area contributed by atoms with Gasteiger partial charge in [0, 0.05) is 24.2 Å². The van der Waals surface area contributed by atoms with Crippen LogP contribution in [-0.4, -0.2) is 41.8 Å².